The Labute approximate surface area is 135 Å². The van der Waals surface area contributed by atoms with Gasteiger partial charge >= 0.3 is 0 Å². The van der Waals surface area contributed by atoms with E-state index in [0.717, 1.165) is 11.3 Å². The standard InChI is InChI=1S/C13H17N5O.2ClH/c1-10(6-14)13(19)17-12-5-3-2-4-11(12)7-18-9-15-8-16-18;;/h2-5,8-10H,6-7,14H2,1H3,(H,17,19);2*1H. The van der Waals surface area contributed by atoms with Crippen molar-refractivity contribution in [3.8, 4) is 0 Å². The maximum absolute atomic E-state index is 11.9. The molecule has 21 heavy (non-hydrogen) atoms. The maximum atomic E-state index is 11.9. The first-order valence-corrected chi connectivity index (χ1v) is 6.12. The first kappa shape index (κ1) is 19.4. The van der Waals surface area contributed by atoms with Crippen molar-refractivity contribution >= 4 is 36.4 Å². The molecule has 0 aliphatic heterocycles. The molecule has 0 bridgehead atoms. The van der Waals surface area contributed by atoms with Crippen LogP contribution in [0.2, 0.25) is 0 Å². The van der Waals surface area contributed by atoms with Crippen LogP contribution in [0.3, 0.4) is 0 Å². The summed E-state index contributed by atoms with van der Waals surface area (Å²) in [7, 11) is 0. The van der Waals surface area contributed by atoms with Crippen molar-refractivity contribution in [2.24, 2.45) is 11.7 Å². The number of benzene rings is 1. The average molecular weight is 332 g/mol. The molecule has 1 aromatic heterocycles. The van der Waals surface area contributed by atoms with Crippen LogP contribution in [0.25, 0.3) is 0 Å². The number of hydrogen-bond acceptors (Lipinski definition) is 4. The molecule has 0 aliphatic rings. The minimum absolute atomic E-state index is 0. The molecule has 1 atom stereocenters. The van der Waals surface area contributed by atoms with Crippen molar-refractivity contribution in [2.45, 2.75) is 13.5 Å². The van der Waals surface area contributed by atoms with Crippen LogP contribution in [0, 0.1) is 5.92 Å². The summed E-state index contributed by atoms with van der Waals surface area (Å²) in [4.78, 5) is 15.8. The summed E-state index contributed by atoms with van der Waals surface area (Å²) >= 11 is 0. The molecule has 0 aliphatic carbocycles. The van der Waals surface area contributed by atoms with Crippen LogP contribution in [0.4, 0.5) is 5.69 Å². The van der Waals surface area contributed by atoms with E-state index in [1.165, 1.54) is 6.33 Å². The minimum atomic E-state index is -0.209. The van der Waals surface area contributed by atoms with Gasteiger partial charge in [-0.25, -0.2) is 9.67 Å². The summed E-state index contributed by atoms with van der Waals surface area (Å²) in [6.07, 6.45) is 3.12. The van der Waals surface area contributed by atoms with Crippen LogP contribution in [-0.2, 0) is 11.3 Å². The normalized spacial score (nSPS) is 11.0. The highest BCUT2D eigenvalue weighted by molar-refractivity contribution is 5.93. The summed E-state index contributed by atoms with van der Waals surface area (Å²) < 4.78 is 1.71. The van der Waals surface area contributed by atoms with Crippen LogP contribution in [0.15, 0.2) is 36.9 Å². The van der Waals surface area contributed by atoms with Gasteiger partial charge in [0.15, 0.2) is 0 Å². The predicted octanol–water partition coefficient (Wildman–Crippen LogP) is 1.70. The molecular weight excluding hydrogens is 313 g/mol. The van der Waals surface area contributed by atoms with Gasteiger partial charge in [-0.2, -0.15) is 5.10 Å². The number of halogens is 2. The molecular formula is C13H19Cl2N5O. The molecule has 116 valence electrons. The van der Waals surface area contributed by atoms with Crippen LogP contribution in [-0.4, -0.2) is 27.2 Å². The number of carbonyl (C=O) groups excluding carboxylic acids is 1. The van der Waals surface area contributed by atoms with Crippen molar-refractivity contribution in [1.29, 1.82) is 0 Å². The second-order valence-electron chi connectivity index (χ2n) is 4.38. The van der Waals surface area contributed by atoms with E-state index in [1.807, 2.05) is 24.3 Å². The third-order valence-electron chi connectivity index (χ3n) is 2.88. The summed E-state index contributed by atoms with van der Waals surface area (Å²) in [5, 5.41) is 6.95. The highest BCUT2D eigenvalue weighted by atomic mass is 35.5. The molecule has 0 fully saturated rings. The number of para-hydroxylation sites is 1. The number of hydrogen-bond donors (Lipinski definition) is 2. The quantitative estimate of drug-likeness (QED) is 0.873. The largest absolute Gasteiger partial charge is 0.330 e. The molecule has 1 amide bonds. The first-order chi connectivity index (χ1) is 9.20. The van der Waals surface area contributed by atoms with E-state index in [1.54, 1.807) is 17.9 Å². The van der Waals surface area contributed by atoms with Crippen LogP contribution in [0.1, 0.15) is 12.5 Å². The monoisotopic (exact) mass is 331 g/mol. The molecule has 3 N–H and O–H groups in total. The first-order valence-electron chi connectivity index (χ1n) is 6.12. The Balaban J connectivity index is 0.00000200. The molecule has 2 rings (SSSR count). The summed E-state index contributed by atoms with van der Waals surface area (Å²) in [6, 6.07) is 7.62. The average Bonchev–Trinajstić information content (AvgIpc) is 2.93. The van der Waals surface area contributed by atoms with Gasteiger partial charge < -0.3 is 11.1 Å². The van der Waals surface area contributed by atoms with Crippen molar-refractivity contribution in [1.82, 2.24) is 14.8 Å². The summed E-state index contributed by atoms with van der Waals surface area (Å²) in [5.74, 6) is -0.284. The number of carbonyl (C=O) groups is 1. The number of aromatic nitrogens is 3. The van der Waals surface area contributed by atoms with Gasteiger partial charge in [-0.3, -0.25) is 4.79 Å². The zero-order valence-electron chi connectivity index (χ0n) is 11.6. The summed E-state index contributed by atoms with van der Waals surface area (Å²) in [6.45, 7) is 2.69. The van der Waals surface area contributed by atoms with E-state index in [4.69, 9.17) is 5.73 Å². The van der Waals surface area contributed by atoms with E-state index >= 15 is 0 Å². The van der Waals surface area contributed by atoms with Crippen LogP contribution in [0.5, 0.6) is 0 Å². The zero-order chi connectivity index (χ0) is 13.7. The van der Waals surface area contributed by atoms with E-state index in [2.05, 4.69) is 15.4 Å². The van der Waals surface area contributed by atoms with Crippen molar-refractivity contribution in [3.63, 3.8) is 0 Å². The van der Waals surface area contributed by atoms with E-state index in [-0.39, 0.29) is 36.6 Å². The highest BCUT2D eigenvalue weighted by Crippen LogP contribution is 2.16. The van der Waals surface area contributed by atoms with Gasteiger partial charge in [-0.15, -0.1) is 24.8 Å². The van der Waals surface area contributed by atoms with Crippen molar-refractivity contribution in [3.05, 3.63) is 42.5 Å². The fraction of sp³-hybridized carbons (Fsp3) is 0.308. The SMILES string of the molecule is CC(CN)C(=O)Nc1ccccc1Cn1cncn1.Cl.Cl. The Kier molecular flexibility index (Phi) is 8.61. The highest BCUT2D eigenvalue weighted by Gasteiger charge is 2.12. The molecule has 0 radical (unpaired) electrons. The van der Waals surface area contributed by atoms with E-state index in [0.29, 0.717) is 13.1 Å². The molecule has 2 aromatic rings. The lowest BCUT2D eigenvalue weighted by Gasteiger charge is -2.13. The third kappa shape index (κ3) is 5.34. The van der Waals surface area contributed by atoms with Crippen LogP contribution >= 0.6 is 24.8 Å². The van der Waals surface area contributed by atoms with E-state index < -0.39 is 0 Å². The molecule has 0 saturated heterocycles. The molecule has 1 heterocycles. The van der Waals surface area contributed by atoms with Crippen molar-refractivity contribution in [2.75, 3.05) is 11.9 Å². The number of amides is 1. The number of nitrogens with zero attached hydrogens (tertiary/aromatic N) is 3. The van der Waals surface area contributed by atoms with Gasteiger partial charge in [0.05, 0.1) is 6.54 Å². The predicted molar refractivity (Wildman–Crippen MR) is 86.9 cm³/mol. The Bertz CT molecular complexity index is 547. The van der Waals surface area contributed by atoms with Crippen molar-refractivity contribution < 1.29 is 4.79 Å². The Morgan fingerprint density at radius 3 is 2.71 bits per heavy atom. The number of rotatable bonds is 5. The van der Waals surface area contributed by atoms with Gasteiger partial charge in [0.25, 0.3) is 0 Å². The second-order valence-corrected chi connectivity index (χ2v) is 4.38. The van der Waals surface area contributed by atoms with Gasteiger partial charge in [-0.05, 0) is 11.6 Å². The van der Waals surface area contributed by atoms with Gasteiger partial charge in [-0.1, -0.05) is 25.1 Å². The Morgan fingerprint density at radius 2 is 2.10 bits per heavy atom. The smallest absolute Gasteiger partial charge is 0.228 e. The van der Waals surface area contributed by atoms with E-state index in [9.17, 15) is 4.79 Å². The molecule has 0 saturated carbocycles. The zero-order valence-corrected chi connectivity index (χ0v) is 13.2. The second kappa shape index (κ2) is 9.33. The van der Waals surface area contributed by atoms with Crippen LogP contribution < -0.4 is 11.1 Å². The molecule has 6 nitrogen and oxygen atoms in total. The lowest BCUT2D eigenvalue weighted by Crippen LogP contribution is -2.27. The van der Waals surface area contributed by atoms with Gasteiger partial charge in [0, 0.05) is 18.2 Å². The lowest BCUT2D eigenvalue weighted by molar-refractivity contribution is -0.119. The van der Waals surface area contributed by atoms with Gasteiger partial charge in [0.1, 0.15) is 12.7 Å². The Morgan fingerprint density at radius 1 is 1.38 bits per heavy atom. The topological polar surface area (TPSA) is 85.8 Å². The summed E-state index contributed by atoms with van der Waals surface area (Å²) in [5.41, 5.74) is 7.25. The number of anilines is 1. The molecule has 0 spiro atoms. The maximum Gasteiger partial charge on any atom is 0.228 e. The number of nitrogens with two attached hydrogens (primary N) is 1. The lowest BCUT2D eigenvalue weighted by atomic mass is 10.1. The fourth-order valence-electron chi connectivity index (χ4n) is 1.63. The van der Waals surface area contributed by atoms with Gasteiger partial charge in [0.2, 0.25) is 5.91 Å². The Hall–Kier alpha value is -1.63. The molecule has 8 heteroatoms. The molecule has 1 aromatic carbocycles. The number of nitrogens with one attached hydrogen (secondary N) is 1. The third-order valence-corrected chi connectivity index (χ3v) is 2.88. The fourth-order valence-corrected chi connectivity index (χ4v) is 1.63. The molecule has 1 unspecified atom stereocenters. The minimum Gasteiger partial charge on any atom is -0.330 e.